The molecule has 2 saturated carbocycles. The van der Waals surface area contributed by atoms with Crippen LogP contribution in [-0.2, 0) is 28.5 Å². The van der Waals surface area contributed by atoms with Crippen molar-refractivity contribution < 1.29 is 28.5 Å². The van der Waals surface area contributed by atoms with Crippen LogP contribution in [0.15, 0.2) is 0 Å². The molecule has 4 atom stereocenters. The molecule has 6 nitrogen and oxygen atoms in total. The van der Waals surface area contributed by atoms with Gasteiger partial charge in [-0.15, -0.1) is 0 Å². The number of fused-ring (bicyclic) bond motifs is 3. The van der Waals surface area contributed by atoms with Gasteiger partial charge in [0, 0.05) is 12.3 Å². The first-order valence-electron chi connectivity index (χ1n) is 7.74. The van der Waals surface area contributed by atoms with Gasteiger partial charge in [-0.05, 0) is 26.2 Å². The van der Waals surface area contributed by atoms with Crippen LogP contribution in [0, 0.1) is 23.7 Å². The van der Waals surface area contributed by atoms with Gasteiger partial charge in [0.25, 0.3) is 0 Å². The minimum atomic E-state index is -0.689. The number of hydrogen-bond donors (Lipinski definition) is 0. The molecule has 0 aromatic rings. The molecule has 0 aromatic carbocycles. The highest BCUT2D eigenvalue weighted by molar-refractivity contribution is 5.84. The van der Waals surface area contributed by atoms with E-state index in [1.807, 2.05) is 0 Å². The molecule has 3 fully saturated rings. The molecule has 0 aromatic heterocycles. The summed E-state index contributed by atoms with van der Waals surface area (Å²) in [5, 5.41) is 0. The molecule has 2 bridgehead atoms. The molecule has 0 amide bonds. The first kappa shape index (κ1) is 14.8. The summed E-state index contributed by atoms with van der Waals surface area (Å²) in [4.78, 5) is 24.6. The Bertz CT molecular complexity index is 428. The van der Waals surface area contributed by atoms with E-state index in [4.69, 9.17) is 18.9 Å². The smallest absolute Gasteiger partial charge is 0.310 e. The van der Waals surface area contributed by atoms with E-state index in [-0.39, 0.29) is 23.8 Å². The maximum atomic E-state index is 12.4. The van der Waals surface area contributed by atoms with Gasteiger partial charge in [-0.1, -0.05) is 0 Å². The standard InChI is InChI=1S/C15H22O6/c1-3-18-13(16)11-9-7-10(12(11)14(17)19-4-2)15(8-9)20-5-6-21-15/h9-12H,3-8H2,1-2H3/t9-,10-,11+,12+/m1/s1. The number of carbonyl (C=O) groups is 2. The molecule has 1 heterocycles. The Morgan fingerprint density at radius 1 is 1.05 bits per heavy atom. The zero-order valence-electron chi connectivity index (χ0n) is 12.5. The van der Waals surface area contributed by atoms with Gasteiger partial charge in [-0.2, -0.15) is 0 Å². The quantitative estimate of drug-likeness (QED) is 0.725. The fourth-order valence-electron chi connectivity index (χ4n) is 4.27. The van der Waals surface area contributed by atoms with Crippen molar-refractivity contribution >= 4 is 11.9 Å². The molecule has 3 aliphatic rings. The van der Waals surface area contributed by atoms with Gasteiger partial charge >= 0.3 is 11.9 Å². The fourth-order valence-corrected chi connectivity index (χ4v) is 4.27. The van der Waals surface area contributed by atoms with Crippen LogP contribution < -0.4 is 0 Å². The fraction of sp³-hybridized carbons (Fsp3) is 0.867. The monoisotopic (exact) mass is 298 g/mol. The molecule has 1 aliphatic heterocycles. The van der Waals surface area contributed by atoms with E-state index in [2.05, 4.69) is 0 Å². The van der Waals surface area contributed by atoms with E-state index in [0.717, 1.165) is 6.42 Å². The Labute approximate surface area is 124 Å². The minimum absolute atomic E-state index is 0.0709. The second kappa shape index (κ2) is 5.57. The Morgan fingerprint density at radius 2 is 1.62 bits per heavy atom. The third-order valence-corrected chi connectivity index (χ3v) is 4.89. The summed E-state index contributed by atoms with van der Waals surface area (Å²) in [5.41, 5.74) is 0. The molecule has 1 saturated heterocycles. The van der Waals surface area contributed by atoms with Crippen LogP contribution in [0.3, 0.4) is 0 Å². The number of rotatable bonds is 4. The summed E-state index contributed by atoms with van der Waals surface area (Å²) in [6.45, 7) is 5.25. The molecule has 21 heavy (non-hydrogen) atoms. The van der Waals surface area contributed by atoms with Crippen molar-refractivity contribution in [2.75, 3.05) is 26.4 Å². The van der Waals surface area contributed by atoms with Gasteiger partial charge in [0.1, 0.15) is 0 Å². The third kappa shape index (κ3) is 2.25. The van der Waals surface area contributed by atoms with Crippen molar-refractivity contribution in [2.45, 2.75) is 32.5 Å². The van der Waals surface area contributed by atoms with E-state index < -0.39 is 17.6 Å². The third-order valence-electron chi connectivity index (χ3n) is 4.89. The molecule has 0 unspecified atom stereocenters. The summed E-state index contributed by atoms with van der Waals surface area (Å²) in [7, 11) is 0. The van der Waals surface area contributed by atoms with Crippen molar-refractivity contribution in [3.05, 3.63) is 0 Å². The Balaban J connectivity index is 1.85. The molecule has 0 radical (unpaired) electrons. The van der Waals surface area contributed by atoms with Crippen LogP contribution in [0.25, 0.3) is 0 Å². The predicted octanol–water partition coefficient (Wildman–Crippen LogP) is 1.13. The Morgan fingerprint density at radius 3 is 2.19 bits per heavy atom. The number of carbonyl (C=O) groups excluding carboxylic acids is 2. The zero-order valence-corrected chi connectivity index (χ0v) is 12.5. The summed E-state index contributed by atoms with van der Waals surface area (Å²) in [5.74, 6) is -2.30. The molecule has 0 N–H and O–H groups in total. The predicted molar refractivity (Wildman–Crippen MR) is 71.1 cm³/mol. The van der Waals surface area contributed by atoms with Crippen LogP contribution >= 0.6 is 0 Å². The summed E-state index contributed by atoms with van der Waals surface area (Å²) in [6, 6.07) is 0. The van der Waals surface area contributed by atoms with Crippen LogP contribution in [0.2, 0.25) is 0 Å². The van der Waals surface area contributed by atoms with E-state index in [1.54, 1.807) is 13.8 Å². The molecule has 1 spiro atoms. The maximum absolute atomic E-state index is 12.4. The summed E-state index contributed by atoms with van der Waals surface area (Å²) < 4.78 is 21.9. The molecular weight excluding hydrogens is 276 g/mol. The lowest BCUT2D eigenvalue weighted by Crippen LogP contribution is -2.49. The number of esters is 2. The van der Waals surface area contributed by atoms with Gasteiger partial charge in [0.15, 0.2) is 5.79 Å². The molecule has 2 aliphatic carbocycles. The van der Waals surface area contributed by atoms with Gasteiger partial charge < -0.3 is 18.9 Å². The second-order valence-electron chi connectivity index (χ2n) is 5.87. The highest BCUT2D eigenvalue weighted by Crippen LogP contribution is 2.60. The SMILES string of the molecule is CCOC(=O)[C@@H]1[C@@H](C(=O)OCC)[C@@H]2C[C@H]1C1(C2)OCCO1. The molecule has 3 rings (SSSR count). The lowest BCUT2D eigenvalue weighted by Gasteiger charge is -2.38. The number of ether oxygens (including phenoxy) is 4. The number of hydrogen-bond acceptors (Lipinski definition) is 6. The van der Waals surface area contributed by atoms with Crippen molar-refractivity contribution in [2.24, 2.45) is 23.7 Å². The lowest BCUT2D eigenvalue weighted by atomic mass is 9.76. The molecule has 6 heteroatoms. The average molecular weight is 298 g/mol. The van der Waals surface area contributed by atoms with Crippen molar-refractivity contribution in [3.63, 3.8) is 0 Å². The zero-order chi connectivity index (χ0) is 15.0. The van der Waals surface area contributed by atoms with E-state index >= 15 is 0 Å². The normalized spacial score (nSPS) is 36.1. The van der Waals surface area contributed by atoms with Gasteiger partial charge in [-0.25, -0.2) is 0 Å². The average Bonchev–Trinajstić information content (AvgIpc) is 3.13. The maximum Gasteiger partial charge on any atom is 0.310 e. The van der Waals surface area contributed by atoms with Gasteiger partial charge in [0.2, 0.25) is 0 Å². The van der Waals surface area contributed by atoms with Crippen LogP contribution in [-0.4, -0.2) is 44.2 Å². The van der Waals surface area contributed by atoms with E-state index in [0.29, 0.717) is 32.8 Å². The highest BCUT2D eigenvalue weighted by atomic mass is 16.7. The van der Waals surface area contributed by atoms with Crippen molar-refractivity contribution in [3.8, 4) is 0 Å². The topological polar surface area (TPSA) is 71.1 Å². The van der Waals surface area contributed by atoms with E-state index in [1.165, 1.54) is 0 Å². The largest absolute Gasteiger partial charge is 0.466 e. The second-order valence-corrected chi connectivity index (χ2v) is 5.87. The van der Waals surface area contributed by atoms with Crippen LogP contribution in [0.5, 0.6) is 0 Å². The van der Waals surface area contributed by atoms with Crippen LogP contribution in [0.4, 0.5) is 0 Å². The van der Waals surface area contributed by atoms with Crippen LogP contribution in [0.1, 0.15) is 26.7 Å². The summed E-state index contributed by atoms with van der Waals surface area (Å²) in [6.07, 6.45) is 1.42. The van der Waals surface area contributed by atoms with Crippen molar-refractivity contribution in [1.82, 2.24) is 0 Å². The Hall–Kier alpha value is -1.14. The van der Waals surface area contributed by atoms with E-state index in [9.17, 15) is 9.59 Å². The summed E-state index contributed by atoms with van der Waals surface area (Å²) >= 11 is 0. The Kier molecular flexibility index (Phi) is 3.92. The molecule has 118 valence electrons. The molecular formula is C15H22O6. The van der Waals surface area contributed by atoms with Gasteiger partial charge in [-0.3, -0.25) is 9.59 Å². The van der Waals surface area contributed by atoms with Gasteiger partial charge in [0.05, 0.1) is 38.3 Å². The first-order valence-corrected chi connectivity index (χ1v) is 7.74. The van der Waals surface area contributed by atoms with Crippen molar-refractivity contribution in [1.29, 1.82) is 0 Å². The highest BCUT2D eigenvalue weighted by Gasteiger charge is 2.67. The lowest BCUT2D eigenvalue weighted by molar-refractivity contribution is -0.217. The minimum Gasteiger partial charge on any atom is -0.466 e. The first-order chi connectivity index (χ1) is 10.1.